The van der Waals surface area contributed by atoms with E-state index in [1.165, 1.54) is 38.9 Å². The fourth-order valence-corrected chi connectivity index (χ4v) is 3.76. The molecule has 1 heteroatoms. The molecule has 3 aromatic carbocycles. The van der Waals surface area contributed by atoms with Crippen molar-refractivity contribution in [2.45, 2.75) is 13.3 Å². The Bertz CT molecular complexity index is 1010. The van der Waals surface area contributed by atoms with Crippen molar-refractivity contribution in [3.05, 3.63) is 89.5 Å². The fraction of sp³-hybridized carbons (Fsp3) is 0.0833. The average molecular weight is 323 g/mol. The summed E-state index contributed by atoms with van der Waals surface area (Å²) in [4.78, 5) is 0. The van der Waals surface area contributed by atoms with Crippen molar-refractivity contribution in [1.29, 1.82) is 0 Å². The Morgan fingerprint density at radius 2 is 1.68 bits per heavy atom. The van der Waals surface area contributed by atoms with E-state index in [9.17, 15) is 0 Å². The summed E-state index contributed by atoms with van der Waals surface area (Å²) in [7, 11) is 0. The molecule has 0 aromatic heterocycles. The molecule has 0 heterocycles. The Kier molecular flexibility index (Phi) is 3.77. The van der Waals surface area contributed by atoms with Crippen LogP contribution in [0.3, 0.4) is 0 Å². The van der Waals surface area contributed by atoms with E-state index in [-0.39, 0.29) is 0 Å². The summed E-state index contributed by atoms with van der Waals surface area (Å²) in [6.45, 7) is 6.27. The van der Waals surface area contributed by atoms with E-state index in [4.69, 9.17) is 5.73 Å². The van der Waals surface area contributed by atoms with E-state index >= 15 is 0 Å². The fourth-order valence-electron chi connectivity index (χ4n) is 3.76. The second-order valence-corrected chi connectivity index (χ2v) is 6.50. The molecule has 1 nitrogen and oxygen atoms in total. The van der Waals surface area contributed by atoms with Gasteiger partial charge in [-0.15, -0.1) is 0 Å². The van der Waals surface area contributed by atoms with E-state index in [1.807, 2.05) is 24.3 Å². The highest BCUT2D eigenvalue weighted by atomic mass is 14.6. The Morgan fingerprint density at radius 3 is 2.40 bits per heavy atom. The summed E-state index contributed by atoms with van der Waals surface area (Å²) in [5, 5.41) is 0. The molecule has 1 aliphatic carbocycles. The number of nitrogens with two attached hydrogens (primary N) is 1. The van der Waals surface area contributed by atoms with Crippen LogP contribution in [0.1, 0.15) is 22.3 Å². The van der Waals surface area contributed by atoms with Crippen LogP contribution in [0.5, 0.6) is 0 Å². The number of benzene rings is 3. The smallest absolute Gasteiger partial charge is 0.0393 e. The Labute approximate surface area is 149 Å². The maximum absolute atomic E-state index is 6.33. The van der Waals surface area contributed by atoms with Gasteiger partial charge in [-0.2, -0.15) is 0 Å². The van der Waals surface area contributed by atoms with Crippen LogP contribution in [0.15, 0.2) is 67.3 Å². The third kappa shape index (κ3) is 2.49. The summed E-state index contributed by atoms with van der Waals surface area (Å²) in [6.07, 6.45) is 7.38. The molecule has 122 valence electrons. The monoisotopic (exact) mass is 323 g/mol. The van der Waals surface area contributed by atoms with Gasteiger partial charge in [0.25, 0.3) is 0 Å². The minimum absolute atomic E-state index is 0.804. The third-order valence-electron chi connectivity index (χ3n) is 4.99. The van der Waals surface area contributed by atoms with Gasteiger partial charge in [0, 0.05) is 11.3 Å². The molecule has 0 spiro atoms. The molecule has 0 radical (unpaired) electrons. The number of allylic oxidation sites excluding steroid dienone is 1. The topological polar surface area (TPSA) is 26.0 Å². The van der Waals surface area contributed by atoms with Crippen LogP contribution in [0.4, 0.5) is 5.69 Å². The number of fused-ring (bicyclic) bond motifs is 1. The lowest BCUT2D eigenvalue weighted by Gasteiger charge is -2.20. The van der Waals surface area contributed by atoms with Gasteiger partial charge in [-0.3, -0.25) is 0 Å². The predicted octanol–water partition coefficient (Wildman–Crippen LogP) is 6.12. The summed E-state index contributed by atoms with van der Waals surface area (Å²) in [5.41, 5.74) is 16.9. The zero-order valence-electron chi connectivity index (χ0n) is 14.4. The van der Waals surface area contributed by atoms with Crippen molar-refractivity contribution >= 4 is 17.8 Å². The first kappa shape index (κ1) is 15.5. The number of para-hydroxylation sites is 1. The van der Waals surface area contributed by atoms with Gasteiger partial charge < -0.3 is 5.73 Å². The lowest BCUT2D eigenvalue weighted by Crippen LogP contribution is -1.99. The molecular formula is C24H21N. The third-order valence-corrected chi connectivity index (χ3v) is 4.99. The van der Waals surface area contributed by atoms with Gasteiger partial charge in [-0.25, -0.2) is 0 Å². The van der Waals surface area contributed by atoms with E-state index in [0.717, 1.165) is 17.7 Å². The number of anilines is 1. The van der Waals surface area contributed by atoms with Gasteiger partial charge in [0.05, 0.1) is 0 Å². The number of hydrogen-bond acceptors (Lipinski definition) is 1. The van der Waals surface area contributed by atoms with Crippen LogP contribution in [0.25, 0.3) is 34.4 Å². The van der Waals surface area contributed by atoms with Crippen molar-refractivity contribution in [2.24, 2.45) is 0 Å². The number of rotatable bonds is 3. The van der Waals surface area contributed by atoms with E-state index < -0.39 is 0 Å². The molecule has 0 bridgehead atoms. The lowest BCUT2D eigenvalue weighted by molar-refractivity contribution is 1.30. The van der Waals surface area contributed by atoms with Gasteiger partial charge in [-0.05, 0) is 64.4 Å². The van der Waals surface area contributed by atoms with Crippen molar-refractivity contribution in [3.63, 3.8) is 0 Å². The summed E-state index contributed by atoms with van der Waals surface area (Å²) < 4.78 is 0. The summed E-state index contributed by atoms with van der Waals surface area (Å²) in [5.74, 6) is 0. The van der Waals surface area contributed by atoms with E-state index in [1.54, 1.807) is 0 Å². The first-order chi connectivity index (χ1) is 12.2. The standard InChI is InChI=1S/C24H21N/c1-3-18-20-13-8-10-17(20)15-22(21-12-6-7-14-23(21)25)24(18)19-11-5-4-9-16(19)2/h3-9,11-15H,1,10,25H2,2H3. The molecule has 0 saturated carbocycles. The molecule has 0 unspecified atom stereocenters. The molecule has 2 N–H and O–H groups in total. The maximum Gasteiger partial charge on any atom is 0.0393 e. The van der Waals surface area contributed by atoms with Crippen LogP contribution in [-0.4, -0.2) is 0 Å². The van der Waals surface area contributed by atoms with Crippen LogP contribution in [0.2, 0.25) is 0 Å². The van der Waals surface area contributed by atoms with Gasteiger partial charge in [0.2, 0.25) is 0 Å². The second kappa shape index (κ2) is 6.10. The highest BCUT2D eigenvalue weighted by Gasteiger charge is 2.20. The van der Waals surface area contributed by atoms with Crippen LogP contribution in [-0.2, 0) is 6.42 Å². The number of hydrogen-bond donors (Lipinski definition) is 1. The van der Waals surface area contributed by atoms with E-state index in [2.05, 4.69) is 62.1 Å². The van der Waals surface area contributed by atoms with Crippen molar-refractivity contribution in [2.75, 3.05) is 5.73 Å². The minimum atomic E-state index is 0.804. The van der Waals surface area contributed by atoms with Crippen molar-refractivity contribution in [1.82, 2.24) is 0 Å². The van der Waals surface area contributed by atoms with Crippen molar-refractivity contribution in [3.8, 4) is 22.3 Å². The summed E-state index contributed by atoms with van der Waals surface area (Å²) >= 11 is 0. The normalized spacial score (nSPS) is 12.2. The Balaban J connectivity index is 2.14. The van der Waals surface area contributed by atoms with Gasteiger partial charge in [0.1, 0.15) is 0 Å². The Hall–Kier alpha value is -3.06. The first-order valence-corrected chi connectivity index (χ1v) is 8.60. The molecule has 0 aliphatic heterocycles. The SMILES string of the molecule is C=Cc1c2c(cc(-c3ccccc3N)c1-c1ccccc1C)CC=C2. The summed E-state index contributed by atoms with van der Waals surface area (Å²) in [6, 6.07) is 18.9. The van der Waals surface area contributed by atoms with Crippen LogP contribution in [0, 0.1) is 6.92 Å². The average Bonchev–Trinajstić information content (AvgIpc) is 3.09. The zero-order chi connectivity index (χ0) is 17.4. The molecule has 3 aromatic rings. The zero-order valence-corrected chi connectivity index (χ0v) is 14.4. The highest BCUT2D eigenvalue weighted by molar-refractivity contribution is 5.97. The molecule has 0 atom stereocenters. The molecule has 1 aliphatic rings. The molecule has 25 heavy (non-hydrogen) atoms. The first-order valence-electron chi connectivity index (χ1n) is 8.60. The van der Waals surface area contributed by atoms with E-state index in [0.29, 0.717) is 0 Å². The highest BCUT2D eigenvalue weighted by Crippen LogP contribution is 2.43. The molecule has 0 saturated heterocycles. The van der Waals surface area contributed by atoms with Crippen molar-refractivity contribution < 1.29 is 0 Å². The van der Waals surface area contributed by atoms with Crippen LogP contribution >= 0.6 is 0 Å². The quantitative estimate of drug-likeness (QED) is 0.577. The minimum Gasteiger partial charge on any atom is -0.398 e. The van der Waals surface area contributed by atoms with Crippen LogP contribution < -0.4 is 5.73 Å². The predicted molar refractivity (Wildman–Crippen MR) is 109 cm³/mol. The van der Waals surface area contributed by atoms with Gasteiger partial charge >= 0.3 is 0 Å². The van der Waals surface area contributed by atoms with Gasteiger partial charge in [0.15, 0.2) is 0 Å². The molecule has 4 rings (SSSR count). The second-order valence-electron chi connectivity index (χ2n) is 6.50. The lowest BCUT2D eigenvalue weighted by atomic mass is 9.84. The Morgan fingerprint density at radius 1 is 0.960 bits per heavy atom. The molecular weight excluding hydrogens is 302 g/mol. The largest absolute Gasteiger partial charge is 0.398 e. The molecule has 0 amide bonds. The van der Waals surface area contributed by atoms with Gasteiger partial charge in [-0.1, -0.05) is 67.3 Å². The maximum atomic E-state index is 6.33. The molecule has 0 fully saturated rings. The number of nitrogen functional groups attached to an aromatic ring is 1. The number of aryl methyl sites for hydroxylation is 1.